The summed E-state index contributed by atoms with van der Waals surface area (Å²) < 4.78 is 12.9. The van der Waals surface area contributed by atoms with Gasteiger partial charge < -0.3 is 14.8 Å². The summed E-state index contributed by atoms with van der Waals surface area (Å²) in [5, 5.41) is 8.37. The fourth-order valence-electron chi connectivity index (χ4n) is 4.33. The zero-order valence-corrected chi connectivity index (χ0v) is 22.9. The predicted octanol–water partition coefficient (Wildman–Crippen LogP) is 7.35. The van der Waals surface area contributed by atoms with E-state index in [1.165, 1.54) is 6.92 Å². The average Bonchev–Trinajstić information content (AvgIpc) is 3.32. The summed E-state index contributed by atoms with van der Waals surface area (Å²) in [6, 6.07) is 29.3. The number of methoxy groups -OCH3 is 1. The van der Waals surface area contributed by atoms with Gasteiger partial charge in [-0.3, -0.25) is 9.59 Å². The minimum Gasteiger partial charge on any atom is -0.497 e. The molecule has 0 aliphatic carbocycles. The molecule has 1 N–H and O–H groups in total. The quantitative estimate of drug-likeness (QED) is 0.214. The summed E-state index contributed by atoms with van der Waals surface area (Å²) in [4.78, 5) is 25.0. The molecule has 0 unspecified atom stereocenters. The summed E-state index contributed by atoms with van der Waals surface area (Å²) in [7, 11) is 1.60. The van der Waals surface area contributed by atoms with E-state index < -0.39 is 5.97 Å². The molecular formula is C32H26ClN3O4. The van der Waals surface area contributed by atoms with Gasteiger partial charge in [0.15, 0.2) is 0 Å². The number of anilines is 1. The molecule has 0 aliphatic heterocycles. The molecule has 0 spiro atoms. The van der Waals surface area contributed by atoms with E-state index in [9.17, 15) is 9.59 Å². The van der Waals surface area contributed by atoms with Crippen LogP contribution in [0.1, 0.15) is 22.8 Å². The Kier molecular flexibility index (Phi) is 7.66. The Morgan fingerprint density at radius 2 is 1.60 bits per heavy atom. The largest absolute Gasteiger partial charge is 0.497 e. The van der Waals surface area contributed by atoms with E-state index in [0.29, 0.717) is 33.3 Å². The van der Waals surface area contributed by atoms with Crippen LogP contribution in [0.2, 0.25) is 5.02 Å². The molecule has 0 fully saturated rings. The van der Waals surface area contributed by atoms with Crippen molar-refractivity contribution in [3.8, 4) is 39.7 Å². The molecule has 1 amide bonds. The standard InChI is InChI=1S/C32H26ClN3O4/c1-20-6-4-8-27(18-20)36-32(40-21(2)37)29(30(35-36)24-7-5-9-28(19-24)39-3)22-12-16-26(17-13-22)34-31(38)23-10-14-25(33)15-11-23/h4-19H,1-3H3,(H,34,38). The number of aromatic nitrogens is 2. The van der Waals surface area contributed by atoms with Crippen molar-refractivity contribution in [2.45, 2.75) is 13.8 Å². The minimum absolute atomic E-state index is 0.255. The van der Waals surface area contributed by atoms with E-state index in [-0.39, 0.29) is 11.8 Å². The fraction of sp³-hybridized carbons (Fsp3) is 0.0938. The van der Waals surface area contributed by atoms with Gasteiger partial charge in [-0.2, -0.15) is 9.78 Å². The lowest BCUT2D eigenvalue weighted by atomic mass is 10.0. The zero-order chi connectivity index (χ0) is 28.2. The van der Waals surface area contributed by atoms with Crippen LogP contribution in [0.25, 0.3) is 28.1 Å². The highest BCUT2D eigenvalue weighted by Crippen LogP contribution is 2.42. The number of esters is 1. The molecule has 0 atom stereocenters. The van der Waals surface area contributed by atoms with Crippen LogP contribution in [0.3, 0.4) is 0 Å². The molecule has 1 aromatic heterocycles. The SMILES string of the molecule is COc1cccc(-c2nn(-c3cccc(C)c3)c(OC(C)=O)c2-c2ccc(NC(=O)c3ccc(Cl)cc3)cc2)c1. The van der Waals surface area contributed by atoms with Crippen molar-refractivity contribution in [2.24, 2.45) is 0 Å². The van der Waals surface area contributed by atoms with Crippen LogP contribution in [-0.2, 0) is 4.79 Å². The molecule has 8 heteroatoms. The highest BCUT2D eigenvalue weighted by molar-refractivity contribution is 6.30. The van der Waals surface area contributed by atoms with Crippen LogP contribution in [0.5, 0.6) is 11.6 Å². The summed E-state index contributed by atoms with van der Waals surface area (Å²) in [5.41, 5.74) is 5.64. The Balaban J connectivity index is 1.62. The van der Waals surface area contributed by atoms with Crippen molar-refractivity contribution in [1.29, 1.82) is 0 Å². The molecular weight excluding hydrogens is 526 g/mol. The highest BCUT2D eigenvalue weighted by Gasteiger charge is 2.25. The minimum atomic E-state index is -0.473. The number of halogens is 1. The monoisotopic (exact) mass is 551 g/mol. The van der Waals surface area contributed by atoms with E-state index in [2.05, 4.69) is 5.32 Å². The van der Waals surface area contributed by atoms with Crippen molar-refractivity contribution in [1.82, 2.24) is 9.78 Å². The molecule has 200 valence electrons. The maximum atomic E-state index is 12.7. The highest BCUT2D eigenvalue weighted by atomic mass is 35.5. The number of ether oxygens (including phenoxy) is 2. The van der Waals surface area contributed by atoms with Crippen molar-refractivity contribution in [3.63, 3.8) is 0 Å². The molecule has 0 saturated carbocycles. The van der Waals surface area contributed by atoms with Crippen LogP contribution in [0, 0.1) is 6.92 Å². The van der Waals surface area contributed by atoms with E-state index in [4.69, 9.17) is 26.2 Å². The number of amides is 1. The molecule has 0 saturated heterocycles. The normalized spacial score (nSPS) is 10.7. The second kappa shape index (κ2) is 11.5. The van der Waals surface area contributed by atoms with Gasteiger partial charge in [0.25, 0.3) is 5.91 Å². The molecule has 5 rings (SSSR count). The maximum absolute atomic E-state index is 12.7. The van der Waals surface area contributed by atoms with Gasteiger partial charge in [0.1, 0.15) is 11.4 Å². The first-order valence-corrected chi connectivity index (χ1v) is 12.9. The van der Waals surface area contributed by atoms with E-state index in [1.54, 1.807) is 48.2 Å². The lowest BCUT2D eigenvalue weighted by Gasteiger charge is -2.11. The summed E-state index contributed by atoms with van der Waals surface area (Å²) in [6.07, 6.45) is 0. The third kappa shape index (κ3) is 5.75. The first-order valence-electron chi connectivity index (χ1n) is 12.5. The van der Waals surface area contributed by atoms with Gasteiger partial charge in [-0.15, -0.1) is 0 Å². The van der Waals surface area contributed by atoms with Gasteiger partial charge in [0.2, 0.25) is 5.88 Å². The lowest BCUT2D eigenvalue weighted by Crippen LogP contribution is -2.11. The Morgan fingerprint density at radius 3 is 2.27 bits per heavy atom. The summed E-state index contributed by atoms with van der Waals surface area (Å²) in [6.45, 7) is 3.34. The number of nitrogens with zero attached hydrogens (tertiary/aromatic N) is 2. The Bertz CT molecular complexity index is 1690. The van der Waals surface area contributed by atoms with Gasteiger partial charge >= 0.3 is 5.97 Å². The number of rotatable bonds is 7. The number of hydrogen-bond donors (Lipinski definition) is 1. The number of carbonyl (C=O) groups is 2. The zero-order valence-electron chi connectivity index (χ0n) is 22.1. The van der Waals surface area contributed by atoms with Crippen molar-refractivity contribution in [3.05, 3.63) is 113 Å². The molecule has 0 bridgehead atoms. The van der Waals surface area contributed by atoms with Crippen LogP contribution in [0.4, 0.5) is 5.69 Å². The van der Waals surface area contributed by atoms with Crippen molar-refractivity contribution in [2.75, 3.05) is 12.4 Å². The molecule has 1 heterocycles. The first-order chi connectivity index (χ1) is 19.3. The van der Waals surface area contributed by atoms with Crippen LogP contribution in [-0.4, -0.2) is 28.8 Å². The topological polar surface area (TPSA) is 82.4 Å². The Labute approximate surface area is 236 Å². The smallest absolute Gasteiger partial charge is 0.309 e. The molecule has 0 radical (unpaired) electrons. The Hall–Kier alpha value is -4.88. The maximum Gasteiger partial charge on any atom is 0.309 e. The van der Waals surface area contributed by atoms with Crippen molar-refractivity contribution < 1.29 is 19.1 Å². The third-order valence-corrected chi connectivity index (χ3v) is 6.46. The van der Waals surface area contributed by atoms with E-state index in [1.807, 2.05) is 67.6 Å². The number of aryl methyl sites for hydroxylation is 1. The number of benzene rings is 4. The molecule has 4 aromatic carbocycles. The van der Waals surface area contributed by atoms with Gasteiger partial charge in [-0.25, -0.2) is 0 Å². The molecule has 7 nitrogen and oxygen atoms in total. The van der Waals surface area contributed by atoms with Crippen LogP contribution in [0.15, 0.2) is 97.1 Å². The molecule has 0 aliphatic rings. The van der Waals surface area contributed by atoms with Gasteiger partial charge in [0.05, 0.1) is 18.4 Å². The van der Waals surface area contributed by atoms with Crippen LogP contribution >= 0.6 is 11.6 Å². The van der Waals surface area contributed by atoms with Gasteiger partial charge in [-0.1, -0.05) is 48.0 Å². The number of nitrogens with one attached hydrogen (secondary N) is 1. The fourth-order valence-corrected chi connectivity index (χ4v) is 4.45. The van der Waals surface area contributed by atoms with E-state index in [0.717, 1.165) is 22.4 Å². The average molecular weight is 552 g/mol. The van der Waals surface area contributed by atoms with Gasteiger partial charge in [0, 0.05) is 28.8 Å². The molecule has 5 aromatic rings. The predicted molar refractivity (Wildman–Crippen MR) is 156 cm³/mol. The lowest BCUT2D eigenvalue weighted by molar-refractivity contribution is -0.132. The van der Waals surface area contributed by atoms with Crippen molar-refractivity contribution >= 4 is 29.2 Å². The summed E-state index contributed by atoms with van der Waals surface area (Å²) in [5.74, 6) is 0.227. The summed E-state index contributed by atoms with van der Waals surface area (Å²) >= 11 is 5.94. The third-order valence-electron chi connectivity index (χ3n) is 6.21. The van der Waals surface area contributed by atoms with E-state index >= 15 is 0 Å². The van der Waals surface area contributed by atoms with Crippen LogP contribution < -0.4 is 14.8 Å². The second-order valence-electron chi connectivity index (χ2n) is 9.14. The Morgan fingerprint density at radius 1 is 0.875 bits per heavy atom. The van der Waals surface area contributed by atoms with Gasteiger partial charge in [-0.05, 0) is 78.7 Å². The second-order valence-corrected chi connectivity index (χ2v) is 9.58. The first kappa shape index (κ1) is 26.7. The number of hydrogen-bond acceptors (Lipinski definition) is 5. The molecule has 40 heavy (non-hydrogen) atoms. The number of carbonyl (C=O) groups excluding carboxylic acids is 2.